The molecule has 1 N–H and O–H groups in total. The first-order chi connectivity index (χ1) is 14.8. The number of carbonyl (C=O) groups excluding carboxylic acids is 2. The number of furan rings is 1. The van der Waals surface area contributed by atoms with Gasteiger partial charge in [0.25, 0.3) is 11.7 Å². The van der Waals surface area contributed by atoms with E-state index in [0.29, 0.717) is 17.1 Å². The molecule has 1 saturated heterocycles. The molecule has 1 fully saturated rings. The second-order valence-electron chi connectivity index (χ2n) is 7.27. The van der Waals surface area contributed by atoms with Crippen molar-refractivity contribution in [3.8, 4) is 0 Å². The Labute approximate surface area is 183 Å². The number of benzene rings is 2. The van der Waals surface area contributed by atoms with Crippen molar-refractivity contribution in [2.45, 2.75) is 26.3 Å². The first kappa shape index (κ1) is 20.9. The molecule has 0 bridgehead atoms. The van der Waals surface area contributed by atoms with E-state index in [1.807, 2.05) is 19.1 Å². The predicted octanol–water partition coefficient (Wildman–Crippen LogP) is 5.57. The van der Waals surface area contributed by atoms with Crippen LogP contribution in [0.3, 0.4) is 0 Å². The molecule has 1 aromatic heterocycles. The maximum Gasteiger partial charge on any atom is 0.300 e. The zero-order valence-corrected chi connectivity index (χ0v) is 17.6. The molecule has 0 radical (unpaired) electrons. The second kappa shape index (κ2) is 8.04. The summed E-state index contributed by atoms with van der Waals surface area (Å²) < 4.78 is 19.4. The van der Waals surface area contributed by atoms with Crippen molar-refractivity contribution in [3.63, 3.8) is 0 Å². The quantitative estimate of drug-likeness (QED) is 0.328. The molecule has 1 unspecified atom stereocenters. The Hall–Kier alpha value is -3.38. The van der Waals surface area contributed by atoms with E-state index < -0.39 is 23.5 Å². The van der Waals surface area contributed by atoms with E-state index in [1.54, 1.807) is 31.2 Å². The van der Waals surface area contributed by atoms with Crippen LogP contribution >= 0.6 is 11.6 Å². The Morgan fingerprint density at radius 3 is 2.42 bits per heavy atom. The van der Waals surface area contributed by atoms with Gasteiger partial charge in [-0.15, -0.1) is 0 Å². The minimum Gasteiger partial charge on any atom is -0.507 e. The summed E-state index contributed by atoms with van der Waals surface area (Å²) in [5.41, 5.74) is 1.58. The molecule has 158 valence electrons. The summed E-state index contributed by atoms with van der Waals surface area (Å²) >= 11 is 5.91. The molecule has 2 heterocycles. The first-order valence-corrected chi connectivity index (χ1v) is 10.1. The zero-order valence-electron chi connectivity index (χ0n) is 16.9. The Morgan fingerprint density at radius 1 is 1.13 bits per heavy atom. The van der Waals surface area contributed by atoms with Gasteiger partial charge in [-0.05, 0) is 49.2 Å². The average Bonchev–Trinajstić information content (AvgIpc) is 3.31. The van der Waals surface area contributed by atoms with Gasteiger partial charge in [-0.2, -0.15) is 0 Å². The molecular weight excluding hydrogens is 421 g/mol. The predicted molar refractivity (Wildman–Crippen MR) is 115 cm³/mol. The van der Waals surface area contributed by atoms with Crippen LogP contribution in [0.2, 0.25) is 5.02 Å². The number of amides is 1. The summed E-state index contributed by atoms with van der Waals surface area (Å²) in [7, 11) is 0. The molecular formula is C24H19ClFNO4. The third-order valence-corrected chi connectivity index (χ3v) is 5.58. The minimum absolute atomic E-state index is 0.107. The van der Waals surface area contributed by atoms with E-state index in [-0.39, 0.29) is 22.0 Å². The van der Waals surface area contributed by atoms with Gasteiger partial charge < -0.3 is 9.52 Å². The third kappa shape index (κ3) is 3.64. The van der Waals surface area contributed by atoms with Crippen LogP contribution in [0.5, 0.6) is 0 Å². The fourth-order valence-electron chi connectivity index (χ4n) is 3.66. The average molecular weight is 440 g/mol. The van der Waals surface area contributed by atoms with Crippen LogP contribution in [0, 0.1) is 12.7 Å². The first-order valence-electron chi connectivity index (χ1n) is 9.73. The van der Waals surface area contributed by atoms with Crippen molar-refractivity contribution < 1.29 is 23.5 Å². The van der Waals surface area contributed by atoms with Gasteiger partial charge in [0.05, 0.1) is 10.6 Å². The highest BCUT2D eigenvalue weighted by atomic mass is 35.5. The van der Waals surface area contributed by atoms with Gasteiger partial charge in [0.15, 0.2) is 0 Å². The Bertz CT molecular complexity index is 1210. The third-order valence-electron chi connectivity index (χ3n) is 5.29. The van der Waals surface area contributed by atoms with Gasteiger partial charge in [-0.1, -0.05) is 42.8 Å². The summed E-state index contributed by atoms with van der Waals surface area (Å²) in [4.78, 5) is 27.2. The standard InChI is InChI=1S/C24H19ClFNO4/c1-3-14-5-7-15(8-6-14)22(28)20-21(19-11-4-13(2)31-19)27(24(30)23(20)29)16-9-10-18(26)17(25)12-16/h4-12,21,28H,3H2,1-2H3/b22-20-. The number of aliphatic hydroxyl groups is 1. The van der Waals surface area contributed by atoms with Gasteiger partial charge in [-0.3, -0.25) is 14.5 Å². The van der Waals surface area contributed by atoms with Crippen LogP contribution in [0.4, 0.5) is 10.1 Å². The maximum atomic E-state index is 13.7. The molecule has 3 aromatic rings. The van der Waals surface area contributed by atoms with Crippen molar-refractivity contribution in [1.29, 1.82) is 0 Å². The van der Waals surface area contributed by atoms with E-state index in [1.165, 1.54) is 12.1 Å². The van der Waals surface area contributed by atoms with Crippen LogP contribution in [0.15, 0.2) is 64.6 Å². The maximum absolute atomic E-state index is 13.7. The van der Waals surface area contributed by atoms with Gasteiger partial charge in [-0.25, -0.2) is 4.39 Å². The molecule has 4 rings (SSSR count). The molecule has 2 aromatic carbocycles. The van der Waals surface area contributed by atoms with E-state index in [2.05, 4.69) is 0 Å². The number of anilines is 1. The van der Waals surface area contributed by atoms with Crippen molar-refractivity contribution in [2.24, 2.45) is 0 Å². The lowest BCUT2D eigenvalue weighted by Gasteiger charge is -2.23. The molecule has 5 nitrogen and oxygen atoms in total. The van der Waals surface area contributed by atoms with Gasteiger partial charge in [0, 0.05) is 11.3 Å². The van der Waals surface area contributed by atoms with Crippen LogP contribution in [0.1, 0.15) is 35.6 Å². The lowest BCUT2D eigenvalue weighted by molar-refractivity contribution is -0.132. The lowest BCUT2D eigenvalue weighted by Crippen LogP contribution is -2.29. The molecule has 1 amide bonds. The van der Waals surface area contributed by atoms with E-state index in [9.17, 15) is 19.1 Å². The summed E-state index contributed by atoms with van der Waals surface area (Å²) in [5, 5.41) is 10.8. The summed E-state index contributed by atoms with van der Waals surface area (Å²) in [6.07, 6.45) is 0.822. The molecule has 7 heteroatoms. The number of carbonyl (C=O) groups is 2. The number of halogens is 2. The molecule has 1 aliphatic rings. The number of hydrogen-bond donors (Lipinski definition) is 1. The van der Waals surface area contributed by atoms with Gasteiger partial charge in [0.1, 0.15) is 29.1 Å². The fourth-order valence-corrected chi connectivity index (χ4v) is 3.83. The highest BCUT2D eigenvalue weighted by Crippen LogP contribution is 2.43. The topological polar surface area (TPSA) is 70.8 Å². The van der Waals surface area contributed by atoms with Crippen LogP contribution < -0.4 is 4.90 Å². The number of aliphatic hydroxyl groups excluding tert-OH is 1. The Morgan fingerprint density at radius 2 is 1.84 bits per heavy atom. The number of aryl methyl sites for hydroxylation is 2. The van der Waals surface area contributed by atoms with Crippen LogP contribution in [-0.4, -0.2) is 16.8 Å². The highest BCUT2D eigenvalue weighted by molar-refractivity contribution is 6.51. The Balaban J connectivity index is 1.91. The number of ketones is 1. The van der Waals surface area contributed by atoms with Crippen LogP contribution in [0.25, 0.3) is 5.76 Å². The second-order valence-corrected chi connectivity index (χ2v) is 7.67. The SMILES string of the molecule is CCc1ccc(/C(O)=C2/C(=O)C(=O)N(c3ccc(F)c(Cl)c3)C2c2ccc(C)o2)cc1. The Kier molecular flexibility index (Phi) is 5.41. The number of rotatable bonds is 4. The van der Waals surface area contributed by atoms with Gasteiger partial charge >= 0.3 is 0 Å². The highest BCUT2D eigenvalue weighted by Gasteiger charge is 2.48. The van der Waals surface area contributed by atoms with Crippen molar-refractivity contribution in [3.05, 3.63) is 93.7 Å². The van der Waals surface area contributed by atoms with Crippen molar-refractivity contribution >= 4 is 34.7 Å². The summed E-state index contributed by atoms with van der Waals surface area (Å²) in [6, 6.07) is 13.1. The number of Topliss-reactive ketones (excluding diaryl/α,β-unsaturated/α-hetero) is 1. The van der Waals surface area contributed by atoms with E-state index in [4.69, 9.17) is 16.0 Å². The zero-order chi connectivity index (χ0) is 22.3. The lowest BCUT2D eigenvalue weighted by atomic mass is 9.98. The van der Waals surface area contributed by atoms with E-state index in [0.717, 1.165) is 23.0 Å². The fraction of sp³-hybridized carbons (Fsp3) is 0.167. The molecule has 0 aliphatic carbocycles. The number of nitrogens with zero attached hydrogens (tertiary/aromatic N) is 1. The molecule has 0 saturated carbocycles. The molecule has 1 atom stereocenters. The normalized spacial score (nSPS) is 18.1. The summed E-state index contributed by atoms with van der Waals surface area (Å²) in [6.45, 7) is 3.74. The van der Waals surface area contributed by atoms with Gasteiger partial charge in [0.2, 0.25) is 0 Å². The minimum atomic E-state index is -1.03. The molecule has 0 spiro atoms. The van der Waals surface area contributed by atoms with Crippen molar-refractivity contribution in [1.82, 2.24) is 0 Å². The number of hydrogen-bond acceptors (Lipinski definition) is 4. The van der Waals surface area contributed by atoms with Crippen molar-refractivity contribution in [2.75, 3.05) is 4.90 Å². The molecule has 1 aliphatic heterocycles. The van der Waals surface area contributed by atoms with E-state index >= 15 is 0 Å². The summed E-state index contributed by atoms with van der Waals surface area (Å²) in [5.74, 6) is -1.82. The monoisotopic (exact) mass is 439 g/mol. The largest absolute Gasteiger partial charge is 0.507 e. The molecule has 31 heavy (non-hydrogen) atoms. The van der Waals surface area contributed by atoms with Crippen LogP contribution in [-0.2, 0) is 16.0 Å². The smallest absolute Gasteiger partial charge is 0.300 e.